The van der Waals surface area contributed by atoms with E-state index in [4.69, 9.17) is 4.74 Å². The second-order valence-electron chi connectivity index (χ2n) is 9.06. The van der Waals surface area contributed by atoms with Gasteiger partial charge in [-0.25, -0.2) is 4.98 Å². The van der Waals surface area contributed by atoms with Gasteiger partial charge in [-0.05, 0) is 42.7 Å². The van der Waals surface area contributed by atoms with Gasteiger partial charge < -0.3 is 20.1 Å². The summed E-state index contributed by atoms with van der Waals surface area (Å²) >= 11 is 0. The van der Waals surface area contributed by atoms with Crippen LogP contribution in [0.5, 0.6) is 5.75 Å². The zero-order chi connectivity index (χ0) is 25.3. The van der Waals surface area contributed by atoms with Crippen LogP contribution in [0.15, 0.2) is 53.3 Å². The Morgan fingerprint density at radius 1 is 1.14 bits per heavy atom. The largest absolute Gasteiger partial charge is 0.501 e. The third kappa shape index (κ3) is 4.67. The maximum Gasteiger partial charge on any atom is 0.296 e. The molecule has 2 heterocycles. The number of hydrogen-bond acceptors (Lipinski definition) is 6. The lowest BCUT2D eigenvalue weighted by Crippen LogP contribution is -2.42. The molecule has 9 heteroatoms. The Bertz CT molecular complexity index is 1340. The van der Waals surface area contributed by atoms with Crippen LogP contribution in [0.1, 0.15) is 46.1 Å². The van der Waals surface area contributed by atoms with Crippen LogP contribution >= 0.6 is 0 Å². The summed E-state index contributed by atoms with van der Waals surface area (Å²) in [5.74, 6) is -1.13. The van der Waals surface area contributed by atoms with Crippen molar-refractivity contribution in [1.29, 1.82) is 0 Å². The van der Waals surface area contributed by atoms with Gasteiger partial charge in [0.2, 0.25) is 5.75 Å². The number of nitrogens with one attached hydrogen (secondary N) is 1. The van der Waals surface area contributed by atoms with Crippen molar-refractivity contribution in [1.82, 2.24) is 19.8 Å². The van der Waals surface area contributed by atoms with E-state index in [0.29, 0.717) is 18.0 Å². The average Bonchev–Trinajstić information content (AvgIpc) is 2.84. The predicted molar refractivity (Wildman–Crippen MR) is 130 cm³/mol. The van der Waals surface area contributed by atoms with Crippen molar-refractivity contribution in [3.05, 3.63) is 81.5 Å². The first kappa shape index (κ1) is 24.2. The molecule has 4 rings (SSSR count). The van der Waals surface area contributed by atoms with Gasteiger partial charge in [0.1, 0.15) is 11.4 Å². The van der Waals surface area contributed by atoms with E-state index in [1.165, 1.54) is 9.47 Å². The molecule has 9 nitrogen and oxygen atoms in total. The topological polar surface area (TPSA) is 114 Å². The minimum Gasteiger partial charge on any atom is -0.501 e. The van der Waals surface area contributed by atoms with Gasteiger partial charge >= 0.3 is 0 Å². The SMILES string of the molecule is CN(C)C(=O)c1ccc(-c2ccccc2CNC(=O)c2nc3n(c(=O)c2O)CCOC3(C)C)cc1. The summed E-state index contributed by atoms with van der Waals surface area (Å²) in [6.45, 7) is 4.24. The highest BCUT2D eigenvalue weighted by atomic mass is 16.5. The Morgan fingerprint density at radius 3 is 2.51 bits per heavy atom. The Labute approximate surface area is 203 Å². The molecular weight excluding hydrogens is 448 g/mol. The summed E-state index contributed by atoms with van der Waals surface area (Å²) in [6.07, 6.45) is 0. The number of carbonyl (C=O) groups is 2. The number of hydrogen-bond donors (Lipinski definition) is 2. The lowest BCUT2D eigenvalue weighted by Gasteiger charge is -2.32. The predicted octanol–water partition coefficient (Wildman–Crippen LogP) is 2.51. The minimum absolute atomic E-state index is 0.0843. The molecule has 0 bridgehead atoms. The van der Waals surface area contributed by atoms with Gasteiger partial charge in [0.05, 0.1) is 13.2 Å². The van der Waals surface area contributed by atoms with Crippen molar-refractivity contribution in [2.24, 2.45) is 0 Å². The van der Waals surface area contributed by atoms with E-state index in [9.17, 15) is 19.5 Å². The highest BCUT2D eigenvalue weighted by Crippen LogP contribution is 2.28. The summed E-state index contributed by atoms with van der Waals surface area (Å²) in [7, 11) is 3.40. The molecule has 0 unspecified atom stereocenters. The number of rotatable bonds is 5. The second kappa shape index (κ2) is 9.34. The van der Waals surface area contributed by atoms with Crippen LogP contribution in [0.3, 0.4) is 0 Å². The van der Waals surface area contributed by atoms with Crippen molar-refractivity contribution in [3.8, 4) is 16.9 Å². The molecule has 0 saturated heterocycles. The number of carbonyl (C=O) groups excluding carboxylic acids is 2. The van der Waals surface area contributed by atoms with Crippen LogP contribution in [0, 0.1) is 0 Å². The number of fused-ring (bicyclic) bond motifs is 1. The zero-order valence-corrected chi connectivity index (χ0v) is 20.2. The molecule has 182 valence electrons. The van der Waals surface area contributed by atoms with Crippen LogP contribution in [-0.4, -0.2) is 52.1 Å². The monoisotopic (exact) mass is 476 g/mol. The number of amides is 2. The standard InChI is InChI=1S/C26H28N4O5/c1-26(2)25-28-20(21(31)24(34)30(25)13-14-35-26)22(32)27-15-18-7-5-6-8-19(18)16-9-11-17(12-10-16)23(33)29(3)4/h5-12,31H,13-15H2,1-4H3,(H,27,32). The summed E-state index contributed by atoms with van der Waals surface area (Å²) in [5, 5.41) is 13.2. The Morgan fingerprint density at radius 2 is 1.83 bits per heavy atom. The van der Waals surface area contributed by atoms with E-state index in [-0.39, 0.29) is 24.7 Å². The lowest BCUT2D eigenvalue weighted by atomic mass is 9.98. The first-order valence-electron chi connectivity index (χ1n) is 11.3. The third-order valence-corrected chi connectivity index (χ3v) is 5.98. The van der Waals surface area contributed by atoms with Crippen LogP contribution in [0.4, 0.5) is 0 Å². The number of aromatic nitrogens is 2. The Hall–Kier alpha value is -3.98. The Kier molecular flexibility index (Phi) is 6.45. The van der Waals surface area contributed by atoms with Crippen molar-refractivity contribution in [2.45, 2.75) is 32.5 Å². The van der Waals surface area contributed by atoms with Gasteiger partial charge in [-0.15, -0.1) is 0 Å². The van der Waals surface area contributed by atoms with Crippen molar-refractivity contribution < 1.29 is 19.4 Å². The van der Waals surface area contributed by atoms with Gasteiger partial charge in [0.15, 0.2) is 5.69 Å². The van der Waals surface area contributed by atoms with Crippen molar-refractivity contribution >= 4 is 11.8 Å². The molecular formula is C26H28N4O5. The van der Waals surface area contributed by atoms with Crippen LogP contribution in [-0.2, 0) is 23.4 Å². The van der Waals surface area contributed by atoms with E-state index in [2.05, 4.69) is 10.3 Å². The quantitative estimate of drug-likeness (QED) is 0.585. The molecule has 2 aromatic carbocycles. The first-order valence-corrected chi connectivity index (χ1v) is 11.3. The fourth-order valence-electron chi connectivity index (χ4n) is 4.09. The van der Waals surface area contributed by atoms with E-state index in [1.807, 2.05) is 36.4 Å². The highest BCUT2D eigenvalue weighted by Gasteiger charge is 2.34. The van der Waals surface area contributed by atoms with Crippen LogP contribution < -0.4 is 10.9 Å². The minimum atomic E-state index is -0.868. The van der Waals surface area contributed by atoms with E-state index in [1.54, 1.807) is 40.1 Å². The maximum absolute atomic E-state index is 13.0. The molecule has 3 aromatic rings. The second-order valence-corrected chi connectivity index (χ2v) is 9.06. The average molecular weight is 477 g/mol. The molecule has 35 heavy (non-hydrogen) atoms. The molecule has 0 spiro atoms. The molecule has 0 fully saturated rings. The molecule has 0 saturated carbocycles. The van der Waals surface area contributed by atoms with Gasteiger partial charge in [-0.3, -0.25) is 19.0 Å². The molecule has 1 aliphatic heterocycles. The van der Waals surface area contributed by atoms with Crippen molar-refractivity contribution in [2.75, 3.05) is 20.7 Å². The van der Waals surface area contributed by atoms with Gasteiger partial charge in [0, 0.05) is 26.2 Å². The van der Waals surface area contributed by atoms with Crippen molar-refractivity contribution in [3.63, 3.8) is 0 Å². The molecule has 1 aromatic heterocycles. The fraction of sp³-hybridized carbons (Fsp3) is 0.308. The van der Waals surface area contributed by atoms with E-state index in [0.717, 1.165) is 16.7 Å². The maximum atomic E-state index is 13.0. The molecule has 0 aliphatic carbocycles. The summed E-state index contributed by atoms with van der Waals surface area (Å²) in [5.41, 5.74) is 1.31. The summed E-state index contributed by atoms with van der Waals surface area (Å²) < 4.78 is 7.04. The molecule has 1 aliphatic rings. The fourth-order valence-corrected chi connectivity index (χ4v) is 4.09. The normalized spacial score (nSPS) is 14.2. The van der Waals surface area contributed by atoms with Gasteiger partial charge in [0.25, 0.3) is 17.4 Å². The van der Waals surface area contributed by atoms with E-state index < -0.39 is 22.8 Å². The lowest BCUT2D eigenvalue weighted by molar-refractivity contribution is -0.0566. The number of nitrogens with zero attached hydrogens (tertiary/aromatic N) is 3. The van der Waals surface area contributed by atoms with Crippen LogP contribution in [0.2, 0.25) is 0 Å². The summed E-state index contributed by atoms with van der Waals surface area (Å²) in [6, 6.07) is 14.8. The zero-order valence-electron chi connectivity index (χ0n) is 20.2. The number of benzene rings is 2. The highest BCUT2D eigenvalue weighted by molar-refractivity contribution is 5.95. The molecule has 0 radical (unpaired) electrons. The number of ether oxygens (including phenoxy) is 1. The molecule has 2 amide bonds. The van der Waals surface area contributed by atoms with Gasteiger partial charge in [-0.1, -0.05) is 36.4 Å². The number of aromatic hydroxyl groups is 1. The summed E-state index contributed by atoms with van der Waals surface area (Å²) in [4.78, 5) is 43.6. The smallest absolute Gasteiger partial charge is 0.296 e. The third-order valence-electron chi connectivity index (χ3n) is 5.98. The molecule has 2 N–H and O–H groups in total. The Balaban J connectivity index is 1.58. The van der Waals surface area contributed by atoms with Gasteiger partial charge in [-0.2, -0.15) is 0 Å². The van der Waals surface area contributed by atoms with Crippen LogP contribution in [0.25, 0.3) is 11.1 Å². The first-order chi connectivity index (χ1) is 16.6. The van der Waals surface area contributed by atoms with E-state index >= 15 is 0 Å². The molecule has 0 atom stereocenters.